The number of rotatable bonds is 5. The van der Waals surface area contributed by atoms with Crippen LogP contribution >= 0.6 is 11.3 Å². The first kappa shape index (κ1) is 15.1. The minimum absolute atomic E-state index is 0.196. The van der Waals surface area contributed by atoms with Crippen LogP contribution in [0.1, 0.15) is 23.3 Å². The third-order valence-corrected chi connectivity index (χ3v) is 4.43. The summed E-state index contributed by atoms with van der Waals surface area (Å²) in [6, 6.07) is 3.49. The molecule has 1 aromatic carbocycles. The highest BCUT2D eigenvalue weighted by molar-refractivity contribution is 7.13. The second kappa shape index (κ2) is 6.10. The van der Waals surface area contributed by atoms with Gasteiger partial charge in [-0.1, -0.05) is 0 Å². The average Bonchev–Trinajstić information content (AvgIpc) is 3.24. The third-order valence-electron chi connectivity index (χ3n) is 3.54. The van der Waals surface area contributed by atoms with Gasteiger partial charge < -0.3 is 10.4 Å². The highest BCUT2D eigenvalue weighted by Crippen LogP contribution is 2.32. The molecule has 1 aliphatic carbocycles. The molecule has 116 valence electrons. The summed E-state index contributed by atoms with van der Waals surface area (Å²) in [6.07, 6.45) is 1.47. The summed E-state index contributed by atoms with van der Waals surface area (Å²) >= 11 is 1.17. The monoisotopic (exact) mass is 324 g/mol. The van der Waals surface area contributed by atoms with Crippen molar-refractivity contribution in [1.82, 2.24) is 10.3 Å². The van der Waals surface area contributed by atoms with E-state index >= 15 is 0 Å². The minimum Gasteiger partial charge on any atom is -0.391 e. The number of thiazole rings is 1. The van der Waals surface area contributed by atoms with E-state index in [9.17, 15) is 18.7 Å². The van der Waals surface area contributed by atoms with Crippen LogP contribution in [0.25, 0.3) is 10.6 Å². The van der Waals surface area contributed by atoms with E-state index in [4.69, 9.17) is 0 Å². The SMILES string of the molecule is O=C(NCC(O)C1CC1)c1csc(-c2ccc(F)c(F)c2)n1. The molecule has 1 aliphatic rings. The molecule has 1 atom stereocenters. The van der Waals surface area contributed by atoms with E-state index < -0.39 is 17.7 Å². The maximum atomic E-state index is 13.2. The molecule has 0 aliphatic heterocycles. The predicted octanol–water partition coefficient (Wildman–Crippen LogP) is 2.59. The molecule has 0 bridgehead atoms. The van der Waals surface area contributed by atoms with E-state index in [1.165, 1.54) is 17.4 Å². The van der Waals surface area contributed by atoms with Crippen molar-refractivity contribution in [2.75, 3.05) is 6.54 Å². The van der Waals surface area contributed by atoms with E-state index in [0.717, 1.165) is 25.0 Å². The third kappa shape index (κ3) is 3.31. The molecule has 1 aromatic heterocycles. The first-order valence-corrected chi connectivity index (χ1v) is 7.80. The Balaban J connectivity index is 1.67. The zero-order chi connectivity index (χ0) is 15.7. The summed E-state index contributed by atoms with van der Waals surface area (Å²) in [5.74, 6) is -1.98. The molecule has 0 radical (unpaired) electrons. The fraction of sp³-hybridized carbons (Fsp3) is 0.333. The van der Waals surface area contributed by atoms with Gasteiger partial charge in [0.05, 0.1) is 6.10 Å². The Morgan fingerprint density at radius 1 is 1.41 bits per heavy atom. The number of carbonyl (C=O) groups is 1. The molecule has 0 spiro atoms. The number of benzene rings is 1. The zero-order valence-electron chi connectivity index (χ0n) is 11.6. The second-order valence-corrected chi connectivity index (χ2v) is 6.14. The van der Waals surface area contributed by atoms with Crippen molar-refractivity contribution in [2.45, 2.75) is 18.9 Å². The number of amides is 1. The van der Waals surface area contributed by atoms with Crippen LogP contribution in [0.15, 0.2) is 23.6 Å². The molecule has 2 N–H and O–H groups in total. The van der Waals surface area contributed by atoms with Crippen LogP contribution in [0.4, 0.5) is 8.78 Å². The normalized spacial score (nSPS) is 15.6. The minimum atomic E-state index is -0.953. The molecule has 1 fully saturated rings. The molecule has 7 heteroatoms. The van der Waals surface area contributed by atoms with Gasteiger partial charge in [-0.2, -0.15) is 0 Å². The smallest absolute Gasteiger partial charge is 0.270 e. The highest BCUT2D eigenvalue weighted by atomic mass is 32.1. The van der Waals surface area contributed by atoms with Crippen molar-refractivity contribution >= 4 is 17.2 Å². The van der Waals surface area contributed by atoms with Crippen LogP contribution in [-0.4, -0.2) is 28.6 Å². The van der Waals surface area contributed by atoms with Gasteiger partial charge in [0.1, 0.15) is 10.7 Å². The topological polar surface area (TPSA) is 62.2 Å². The van der Waals surface area contributed by atoms with Crippen LogP contribution in [-0.2, 0) is 0 Å². The van der Waals surface area contributed by atoms with Gasteiger partial charge in [-0.3, -0.25) is 4.79 Å². The number of hydrogen-bond acceptors (Lipinski definition) is 4. The van der Waals surface area contributed by atoms with Gasteiger partial charge in [0, 0.05) is 17.5 Å². The quantitative estimate of drug-likeness (QED) is 0.889. The van der Waals surface area contributed by atoms with Crippen molar-refractivity contribution in [3.05, 3.63) is 40.9 Å². The first-order chi connectivity index (χ1) is 10.5. The lowest BCUT2D eigenvalue weighted by Crippen LogP contribution is -2.33. The fourth-order valence-electron chi connectivity index (χ4n) is 2.08. The van der Waals surface area contributed by atoms with E-state index in [2.05, 4.69) is 10.3 Å². The molecule has 2 aromatic rings. The number of hydrogen-bond donors (Lipinski definition) is 2. The molecule has 4 nitrogen and oxygen atoms in total. The Morgan fingerprint density at radius 2 is 2.18 bits per heavy atom. The second-order valence-electron chi connectivity index (χ2n) is 5.28. The van der Waals surface area contributed by atoms with Gasteiger partial charge in [-0.15, -0.1) is 11.3 Å². The Bertz CT molecular complexity index is 701. The molecule has 1 amide bonds. The summed E-state index contributed by atoms with van der Waals surface area (Å²) in [4.78, 5) is 16.1. The lowest BCUT2D eigenvalue weighted by atomic mass is 10.2. The summed E-state index contributed by atoms with van der Waals surface area (Å²) in [5, 5.41) is 14.3. The van der Waals surface area contributed by atoms with Gasteiger partial charge in [-0.05, 0) is 37.0 Å². The van der Waals surface area contributed by atoms with Gasteiger partial charge >= 0.3 is 0 Å². The highest BCUT2D eigenvalue weighted by Gasteiger charge is 2.29. The van der Waals surface area contributed by atoms with Gasteiger partial charge in [0.15, 0.2) is 11.6 Å². The Kier molecular flexibility index (Phi) is 4.17. The molecule has 1 heterocycles. The van der Waals surface area contributed by atoms with Crippen LogP contribution < -0.4 is 5.32 Å². The van der Waals surface area contributed by atoms with E-state index in [1.54, 1.807) is 5.38 Å². The van der Waals surface area contributed by atoms with E-state index in [-0.39, 0.29) is 24.1 Å². The van der Waals surface area contributed by atoms with Crippen LogP contribution in [0.2, 0.25) is 0 Å². The first-order valence-electron chi connectivity index (χ1n) is 6.92. The predicted molar refractivity (Wildman–Crippen MR) is 78.5 cm³/mol. The number of carbonyl (C=O) groups excluding carboxylic acids is 1. The van der Waals surface area contributed by atoms with E-state index in [0.29, 0.717) is 10.6 Å². The maximum absolute atomic E-state index is 13.2. The average molecular weight is 324 g/mol. The zero-order valence-corrected chi connectivity index (χ0v) is 12.4. The molecule has 1 unspecified atom stereocenters. The number of aromatic nitrogens is 1. The number of halogens is 2. The van der Waals surface area contributed by atoms with Gasteiger partial charge in [-0.25, -0.2) is 13.8 Å². The summed E-state index contributed by atoms with van der Waals surface area (Å²) in [7, 11) is 0. The lowest BCUT2D eigenvalue weighted by Gasteiger charge is -2.09. The Hall–Kier alpha value is -1.86. The molecule has 0 saturated heterocycles. The maximum Gasteiger partial charge on any atom is 0.270 e. The summed E-state index contributed by atoms with van der Waals surface area (Å²) < 4.78 is 26.1. The number of aliphatic hydroxyl groups excluding tert-OH is 1. The lowest BCUT2D eigenvalue weighted by molar-refractivity contribution is 0.0897. The Labute approximate surface area is 129 Å². The fourth-order valence-corrected chi connectivity index (χ4v) is 2.87. The summed E-state index contributed by atoms with van der Waals surface area (Å²) in [5.41, 5.74) is 0.619. The van der Waals surface area contributed by atoms with E-state index in [1.807, 2.05) is 0 Å². The number of aliphatic hydroxyl groups is 1. The van der Waals surface area contributed by atoms with Crippen molar-refractivity contribution in [2.24, 2.45) is 5.92 Å². The molecule has 3 rings (SSSR count). The largest absolute Gasteiger partial charge is 0.391 e. The Morgan fingerprint density at radius 3 is 2.86 bits per heavy atom. The van der Waals surface area contributed by atoms with Crippen molar-refractivity contribution < 1.29 is 18.7 Å². The van der Waals surface area contributed by atoms with Crippen LogP contribution in [0.3, 0.4) is 0 Å². The van der Waals surface area contributed by atoms with Crippen LogP contribution in [0, 0.1) is 17.6 Å². The molecular weight excluding hydrogens is 310 g/mol. The van der Waals surface area contributed by atoms with Crippen molar-refractivity contribution in [1.29, 1.82) is 0 Å². The summed E-state index contributed by atoms with van der Waals surface area (Å²) in [6.45, 7) is 0.196. The molecular formula is C15H14F2N2O2S. The molecule has 22 heavy (non-hydrogen) atoms. The van der Waals surface area contributed by atoms with Crippen molar-refractivity contribution in [3.8, 4) is 10.6 Å². The molecule has 1 saturated carbocycles. The number of nitrogens with one attached hydrogen (secondary N) is 1. The van der Waals surface area contributed by atoms with Gasteiger partial charge in [0.25, 0.3) is 5.91 Å². The van der Waals surface area contributed by atoms with Gasteiger partial charge in [0.2, 0.25) is 0 Å². The standard InChI is InChI=1S/C15H14F2N2O2S/c16-10-4-3-9(5-11(10)17)15-19-12(7-22-15)14(21)18-6-13(20)8-1-2-8/h3-5,7-8,13,20H,1-2,6H2,(H,18,21). The number of nitrogens with zero attached hydrogens (tertiary/aromatic N) is 1. The van der Waals surface area contributed by atoms with Crippen LogP contribution in [0.5, 0.6) is 0 Å². The van der Waals surface area contributed by atoms with Crippen molar-refractivity contribution in [3.63, 3.8) is 0 Å².